The smallest absolute Gasteiger partial charge is 0.221 e. The Labute approximate surface area is 126 Å². The van der Waals surface area contributed by atoms with E-state index in [0.29, 0.717) is 5.75 Å². The van der Waals surface area contributed by atoms with Crippen LogP contribution in [0.3, 0.4) is 0 Å². The second-order valence-electron chi connectivity index (χ2n) is 4.33. The Balaban J connectivity index is 1.90. The van der Waals surface area contributed by atoms with Crippen molar-refractivity contribution in [3.63, 3.8) is 0 Å². The zero-order valence-corrected chi connectivity index (χ0v) is 12.9. The number of nitrogens with one attached hydrogen (secondary N) is 1. The quantitative estimate of drug-likeness (QED) is 0.671. The summed E-state index contributed by atoms with van der Waals surface area (Å²) in [7, 11) is 0. The van der Waals surface area contributed by atoms with Gasteiger partial charge in [0.05, 0.1) is 10.6 Å². The van der Waals surface area contributed by atoms with E-state index < -0.39 is 0 Å². The highest BCUT2D eigenvalue weighted by Gasteiger charge is 2.08. The van der Waals surface area contributed by atoms with Crippen molar-refractivity contribution in [1.29, 1.82) is 0 Å². The van der Waals surface area contributed by atoms with E-state index in [1.165, 1.54) is 30.0 Å². The first-order valence-corrected chi connectivity index (χ1v) is 7.95. The summed E-state index contributed by atoms with van der Waals surface area (Å²) in [4.78, 5) is 25.9. The lowest BCUT2D eigenvalue weighted by atomic mass is 10.3. The number of benzene rings is 1. The van der Waals surface area contributed by atoms with Crippen molar-refractivity contribution in [3.8, 4) is 0 Å². The van der Waals surface area contributed by atoms with Crippen molar-refractivity contribution in [2.75, 3.05) is 11.1 Å². The maximum atomic E-state index is 12.0. The van der Waals surface area contributed by atoms with Gasteiger partial charge in [-0.15, -0.1) is 23.1 Å². The van der Waals surface area contributed by atoms with Gasteiger partial charge >= 0.3 is 0 Å². The van der Waals surface area contributed by atoms with Crippen LogP contribution in [0, 0.1) is 6.92 Å². The van der Waals surface area contributed by atoms with E-state index in [2.05, 4.69) is 5.32 Å². The molecule has 0 unspecified atom stereocenters. The summed E-state index contributed by atoms with van der Waals surface area (Å²) in [5.41, 5.74) is 0.766. The Morgan fingerprint density at radius 1 is 1.15 bits per heavy atom. The SMILES string of the molecule is CC(=O)Nc1ccc(SCC(=O)c2ccc(C)s2)cc1. The van der Waals surface area contributed by atoms with Crippen molar-refractivity contribution in [2.24, 2.45) is 0 Å². The molecule has 2 aromatic rings. The minimum atomic E-state index is -0.0892. The molecule has 0 bridgehead atoms. The molecule has 0 aliphatic heterocycles. The van der Waals surface area contributed by atoms with E-state index in [9.17, 15) is 9.59 Å². The first-order chi connectivity index (χ1) is 9.54. The minimum absolute atomic E-state index is 0.0892. The molecule has 104 valence electrons. The molecule has 0 radical (unpaired) electrons. The summed E-state index contributed by atoms with van der Waals surface area (Å²) in [5, 5.41) is 2.71. The number of rotatable bonds is 5. The summed E-state index contributed by atoms with van der Waals surface area (Å²) in [6.45, 7) is 3.47. The van der Waals surface area contributed by atoms with Gasteiger partial charge in [-0.3, -0.25) is 9.59 Å². The van der Waals surface area contributed by atoms with Gasteiger partial charge in [-0.05, 0) is 43.3 Å². The van der Waals surface area contributed by atoms with E-state index in [1.807, 2.05) is 43.3 Å². The summed E-state index contributed by atoms with van der Waals surface area (Å²) in [6.07, 6.45) is 0. The van der Waals surface area contributed by atoms with Crippen LogP contribution >= 0.6 is 23.1 Å². The molecule has 3 nitrogen and oxygen atoms in total. The fourth-order valence-electron chi connectivity index (χ4n) is 1.64. The van der Waals surface area contributed by atoms with E-state index in [-0.39, 0.29) is 11.7 Å². The Bertz CT molecular complexity index is 617. The average Bonchev–Trinajstić information content (AvgIpc) is 2.84. The largest absolute Gasteiger partial charge is 0.326 e. The fourth-order valence-corrected chi connectivity index (χ4v) is 3.32. The molecule has 5 heteroatoms. The maximum Gasteiger partial charge on any atom is 0.221 e. The number of Topliss-reactive ketones (excluding diaryl/α,β-unsaturated/α-hetero) is 1. The van der Waals surface area contributed by atoms with Crippen LogP contribution in [0.4, 0.5) is 5.69 Å². The zero-order valence-electron chi connectivity index (χ0n) is 11.3. The lowest BCUT2D eigenvalue weighted by molar-refractivity contribution is -0.114. The number of thioether (sulfide) groups is 1. The Hall–Kier alpha value is -1.59. The molecule has 1 aromatic heterocycles. The van der Waals surface area contributed by atoms with Crippen molar-refractivity contribution >= 4 is 40.5 Å². The topological polar surface area (TPSA) is 46.2 Å². The molecule has 2 rings (SSSR count). The van der Waals surface area contributed by atoms with Gasteiger partial charge in [0, 0.05) is 22.4 Å². The van der Waals surface area contributed by atoms with Gasteiger partial charge in [0.15, 0.2) is 5.78 Å². The van der Waals surface area contributed by atoms with Crippen LogP contribution in [-0.2, 0) is 4.79 Å². The standard InChI is InChI=1S/C15H15NO2S2/c1-10-3-8-15(20-10)14(18)9-19-13-6-4-12(5-7-13)16-11(2)17/h3-8H,9H2,1-2H3,(H,16,17). The number of thiophene rings is 1. The summed E-state index contributed by atoms with van der Waals surface area (Å²) in [5.74, 6) is 0.493. The number of amides is 1. The first-order valence-electron chi connectivity index (χ1n) is 6.14. The molecule has 1 heterocycles. The fraction of sp³-hybridized carbons (Fsp3) is 0.200. The van der Waals surface area contributed by atoms with E-state index in [4.69, 9.17) is 0 Å². The third-order valence-electron chi connectivity index (χ3n) is 2.56. The van der Waals surface area contributed by atoms with Crippen LogP contribution in [0.2, 0.25) is 0 Å². The number of carbonyl (C=O) groups excluding carboxylic acids is 2. The molecule has 0 aliphatic carbocycles. The normalized spacial score (nSPS) is 10.3. The highest BCUT2D eigenvalue weighted by atomic mass is 32.2. The summed E-state index contributed by atoms with van der Waals surface area (Å²) < 4.78 is 0. The molecule has 0 aliphatic rings. The first kappa shape index (κ1) is 14.8. The second-order valence-corrected chi connectivity index (χ2v) is 6.66. The number of hydrogen-bond acceptors (Lipinski definition) is 4. The summed E-state index contributed by atoms with van der Waals surface area (Å²) in [6, 6.07) is 11.3. The molecule has 0 saturated heterocycles. The molecular formula is C15H15NO2S2. The third-order valence-corrected chi connectivity index (χ3v) is 4.61. The van der Waals surface area contributed by atoms with Gasteiger partial charge in [-0.1, -0.05) is 0 Å². The van der Waals surface area contributed by atoms with Gasteiger partial charge < -0.3 is 5.32 Å². The van der Waals surface area contributed by atoms with Crippen molar-refractivity contribution in [1.82, 2.24) is 0 Å². The molecule has 1 N–H and O–H groups in total. The Morgan fingerprint density at radius 3 is 2.40 bits per heavy atom. The second kappa shape index (κ2) is 6.72. The van der Waals surface area contributed by atoms with Crippen molar-refractivity contribution < 1.29 is 9.59 Å². The van der Waals surface area contributed by atoms with Gasteiger partial charge in [-0.25, -0.2) is 0 Å². The lowest BCUT2D eigenvalue weighted by Gasteiger charge is -2.04. The van der Waals surface area contributed by atoms with Gasteiger partial charge in [-0.2, -0.15) is 0 Å². The van der Waals surface area contributed by atoms with Gasteiger partial charge in [0.1, 0.15) is 0 Å². The van der Waals surface area contributed by atoms with E-state index in [0.717, 1.165) is 20.3 Å². The monoisotopic (exact) mass is 305 g/mol. The predicted octanol–water partition coefficient (Wildman–Crippen LogP) is 3.99. The number of ketones is 1. The number of carbonyl (C=O) groups is 2. The Morgan fingerprint density at radius 2 is 1.85 bits per heavy atom. The van der Waals surface area contributed by atoms with Crippen LogP contribution in [0.25, 0.3) is 0 Å². The lowest BCUT2D eigenvalue weighted by Crippen LogP contribution is -2.05. The molecule has 0 atom stereocenters. The number of hydrogen-bond donors (Lipinski definition) is 1. The van der Waals surface area contributed by atoms with Crippen LogP contribution < -0.4 is 5.32 Å². The molecule has 0 saturated carbocycles. The van der Waals surface area contributed by atoms with Gasteiger partial charge in [0.25, 0.3) is 0 Å². The highest BCUT2D eigenvalue weighted by Crippen LogP contribution is 2.23. The van der Waals surface area contributed by atoms with Crippen LogP contribution in [0.15, 0.2) is 41.3 Å². The number of aryl methyl sites for hydroxylation is 1. The Kier molecular flexibility index (Phi) is 4.98. The van der Waals surface area contributed by atoms with Gasteiger partial charge in [0.2, 0.25) is 5.91 Å². The highest BCUT2D eigenvalue weighted by molar-refractivity contribution is 8.00. The molecule has 1 aromatic carbocycles. The third kappa shape index (κ3) is 4.21. The zero-order chi connectivity index (χ0) is 14.5. The van der Waals surface area contributed by atoms with Crippen LogP contribution in [0.1, 0.15) is 21.5 Å². The van der Waals surface area contributed by atoms with Crippen LogP contribution in [-0.4, -0.2) is 17.4 Å². The van der Waals surface area contributed by atoms with Crippen molar-refractivity contribution in [2.45, 2.75) is 18.7 Å². The van der Waals surface area contributed by atoms with E-state index >= 15 is 0 Å². The summed E-state index contributed by atoms with van der Waals surface area (Å²) >= 11 is 3.03. The maximum absolute atomic E-state index is 12.0. The average molecular weight is 305 g/mol. The van der Waals surface area contributed by atoms with Crippen molar-refractivity contribution in [3.05, 3.63) is 46.2 Å². The molecule has 20 heavy (non-hydrogen) atoms. The number of anilines is 1. The van der Waals surface area contributed by atoms with E-state index in [1.54, 1.807) is 0 Å². The predicted molar refractivity (Wildman–Crippen MR) is 84.9 cm³/mol. The van der Waals surface area contributed by atoms with Crippen LogP contribution in [0.5, 0.6) is 0 Å². The molecule has 0 spiro atoms. The molecule has 0 fully saturated rings. The molecular weight excluding hydrogens is 290 g/mol. The molecule has 1 amide bonds. The minimum Gasteiger partial charge on any atom is -0.326 e.